The molecule has 0 unspecified atom stereocenters. The molecule has 0 atom stereocenters. The molecule has 178 valence electrons. The van der Waals surface area contributed by atoms with Gasteiger partial charge in [-0.05, 0) is 24.3 Å². The highest BCUT2D eigenvalue weighted by Crippen LogP contribution is 2.45. The lowest BCUT2D eigenvalue weighted by Crippen LogP contribution is -2.21. The van der Waals surface area contributed by atoms with Crippen molar-refractivity contribution in [1.82, 2.24) is 19.7 Å². The van der Waals surface area contributed by atoms with Crippen LogP contribution in [0.5, 0.6) is 5.75 Å². The summed E-state index contributed by atoms with van der Waals surface area (Å²) in [6.07, 6.45) is -9.06. The van der Waals surface area contributed by atoms with Crippen LogP contribution in [0.2, 0.25) is 0 Å². The monoisotopic (exact) mass is 501 g/mol. The van der Waals surface area contributed by atoms with E-state index in [4.69, 9.17) is 4.74 Å². The molecule has 4 aromatic rings. The van der Waals surface area contributed by atoms with Crippen LogP contribution in [0.1, 0.15) is 21.7 Å². The Hall–Kier alpha value is -3.68. The van der Waals surface area contributed by atoms with Gasteiger partial charge < -0.3 is 10.1 Å². The van der Waals surface area contributed by atoms with Crippen molar-refractivity contribution >= 4 is 33.1 Å². The number of rotatable bonds is 4. The zero-order chi connectivity index (χ0) is 24.8. The second kappa shape index (κ2) is 8.27. The number of nitrogens with zero attached hydrogens (tertiary/aromatic N) is 4. The van der Waals surface area contributed by atoms with Crippen LogP contribution >= 0.6 is 11.3 Å². The van der Waals surface area contributed by atoms with E-state index in [2.05, 4.69) is 20.4 Å². The summed E-state index contributed by atoms with van der Waals surface area (Å²) < 4.78 is 87.8. The zero-order valence-corrected chi connectivity index (χ0v) is 18.1. The van der Waals surface area contributed by atoms with E-state index in [0.29, 0.717) is 16.3 Å². The molecule has 3 aromatic heterocycles. The molecule has 0 aliphatic rings. The van der Waals surface area contributed by atoms with Crippen LogP contribution in [0, 0.1) is 0 Å². The number of aryl methyl sites for hydroxylation is 1. The van der Waals surface area contributed by atoms with Gasteiger partial charge in [-0.1, -0.05) is 0 Å². The summed E-state index contributed by atoms with van der Waals surface area (Å²) in [6.45, 7) is 0. The molecule has 3 heterocycles. The number of amides is 1. The molecule has 0 bridgehead atoms. The zero-order valence-electron chi connectivity index (χ0n) is 17.2. The third-order valence-electron chi connectivity index (χ3n) is 4.77. The van der Waals surface area contributed by atoms with Gasteiger partial charge in [0.2, 0.25) is 0 Å². The van der Waals surface area contributed by atoms with Gasteiger partial charge in [-0.15, -0.1) is 11.3 Å². The van der Waals surface area contributed by atoms with Crippen LogP contribution in [0.4, 0.5) is 32.0 Å². The number of hydrogen-bond donors (Lipinski definition) is 1. The lowest BCUT2D eigenvalue weighted by atomic mass is 10.0. The van der Waals surface area contributed by atoms with Crippen molar-refractivity contribution in [1.29, 1.82) is 0 Å². The first kappa shape index (κ1) is 23.5. The van der Waals surface area contributed by atoms with E-state index in [1.54, 1.807) is 6.07 Å². The molecule has 0 saturated carbocycles. The molecule has 0 saturated heterocycles. The van der Waals surface area contributed by atoms with Gasteiger partial charge in [0.15, 0.2) is 0 Å². The Labute approximate surface area is 191 Å². The summed E-state index contributed by atoms with van der Waals surface area (Å²) in [7, 11) is 2.40. The number of methoxy groups -OCH3 is 1. The number of thiazole rings is 1. The van der Waals surface area contributed by atoms with E-state index in [-0.39, 0.29) is 17.0 Å². The lowest BCUT2D eigenvalue weighted by Gasteiger charge is -2.13. The quantitative estimate of drug-likeness (QED) is 0.379. The number of aromatic nitrogens is 4. The third kappa shape index (κ3) is 4.16. The number of halogens is 6. The van der Waals surface area contributed by atoms with E-state index >= 15 is 0 Å². The summed E-state index contributed by atoms with van der Waals surface area (Å²) in [5.74, 6) is -1.22. The van der Waals surface area contributed by atoms with Crippen LogP contribution in [0.25, 0.3) is 21.5 Å². The molecule has 4 rings (SSSR count). The standard InChI is InChI=1S/C20H13F6N5O2S/c1-31-16(18(32)29-9-5-6-27-12(7-9)19(21,22)23)14(20(24,25)26)15(30-31)13-11(33-2)4-3-10-17(13)34-8-28-10/h3-8H,1-2H3,(H,27,29,32). The number of nitrogens with one attached hydrogen (secondary N) is 1. The number of hydrogen-bond acceptors (Lipinski definition) is 6. The Balaban J connectivity index is 1.87. The van der Waals surface area contributed by atoms with Gasteiger partial charge >= 0.3 is 12.4 Å². The summed E-state index contributed by atoms with van der Waals surface area (Å²) in [4.78, 5) is 20.1. The smallest absolute Gasteiger partial charge is 0.433 e. The first-order chi connectivity index (χ1) is 15.9. The van der Waals surface area contributed by atoms with Crippen molar-refractivity contribution in [2.45, 2.75) is 12.4 Å². The first-order valence-corrected chi connectivity index (χ1v) is 10.2. The van der Waals surface area contributed by atoms with Crippen molar-refractivity contribution in [2.75, 3.05) is 12.4 Å². The number of carbonyl (C=O) groups is 1. The minimum absolute atomic E-state index is 0.00672. The minimum atomic E-state index is -5.04. The number of ether oxygens (including phenoxy) is 1. The highest BCUT2D eigenvalue weighted by molar-refractivity contribution is 7.17. The van der Waals surface area contributed by atoms with Gasteiger partial charge in [0, 0.05) is 18.9 Å². The van der Waals surface area contributed by atoms with Crippen molar-refractivity contribution in [3.05, 3.63) is 52.9 Å². The summed E-state index contributed by atoms with van der Waals surface area (Å²) >= 11 is 1.07. The predicted octanol–water partition coefficient (Wildman–Crippen LogP) is 5.39. The van der Waals surface area contributed by atoms with Crippen LogP contribution in [0.3, 0.4) is 0 Å². The number of pyridine rings is 1. The average Bonchev–Trinajstić information content (AvgIpc) is 3.36. The number of carbonyl (C=O) groups excluding carboxylic acids is 1. The van der Waals surface area contributed by atoms with Gasteiger partial charge in [-0.2, -0.15) is 31.4 Å². The minimum Gasteiger partial charge on any atom is -0.496 e. The van der Waals surface area contributed by atoms with E-state index < -0.39 is 40.9 Å². The number of benzene rings is 1. The van der Waals surface area contributed by atoms with Crippen molar-refractivity contribution < 1.29 is 35.9 Å². The largest absolute Gasteiger partial charge is 0.496 e. The molecule has 0 aliphatic carbocycles. The Kier molecular flexibility index (Phi) is 5.71. The third-order valence-corrected chi connectivity index (χ3v) is 5.63. The maximum Gasteiger partial charge on any atom is 0.433 e. The molecular formula is C20H13F6N5O2S. The fraction of sp³-hybridized carbons (Fsp3) is 0.200. The first-order valence-electron chi connectivity index (χ1n) is 9.31. The maximum atomic E-state index is 14.2. The lowest BCUT2D eigenvalue weighted by molar-refractivity contribution is -0.141. The predicted molar refractivity (Wildman–Crippen MR) is 111 cm³/mol. The fourth-order valence-electron chi connectivity index (χ4n) is 3.39. The maximum absolute atomic E-state index is 14.2. The Bertz CT molecular complexity index is 1390. The van der Waals surface area contributed by atoms with E-state index in [9.17, 15) is 31.1 Å². The summed E-state index contributed by atoms with van der Waals surface area (Å²) in [6, 6.07) is 4.55. The molecule has 0 spiro atoms. The van der Waals surface area contributed by atoms with Crippen molar-refractivity contribution in [2.24, 2.45) is 7.05 Å². The molecule has 0 aliphatic heterocycles. The summed E-state index contributed by atoms with van der Waals surface area (Å²) in [5.41, 5.74) is -2.68. The molecule has 1 amide bonds. The molecule has 0 fully saturated rings. The summed E-state index contributed by atoms with van der Waals surface area (Å²) in [5, 5.41) is 6.02. The topological polar surface area (TPSA) is 81.9 Å². The highest BCUT2D eigenvalue weighted by Gasteiger charge is 2.43. The highest BCUT2D eigenvalue weighted by atomic mass is 32.1. The second-order valence-electron chi connectivity index (χ2n) is 6.92. The Morgan fingerprint density at radius 3 is 2.47 bits per heavy atom. The van der Waals surface area contributed by atoms with Crippen molar-refractivity contribution in [3.8, 4) is 17.0 Å². The normalized spacial score (nSPS) is 12.2. The Morgan fingerprint density at radius 2 is 1.82 bits per heavy atom. The van der Waals surface area contributed by atoms with E-state index in [1.165, 1.54) is 18.7 Å². The SMILES string of the molecule is COc1ccc2ncsc2c1-c1nn(C)c(C(=O)Nc2ccnc(C(F)(F)F)c2)c1C(F)(F)F. The molecule has 34 heavy (non-hydrogen) atoms. The van der Waals surface area contributed by atoms with E-state index in [0.717, 1.165) is 35.3 Å². The second-order valence-corrected chi connectivity index (χ2v) is 7.77. The molecule has 0 radical (unpaired) electrons. The molecule has 7 nitrogen and oxygen atoms in total. The van der Waals surface area contributed by atoms with Crippen molar-refractivity contribution in [3.63, 3.8) is 0 Å². The number of anilines is 1. The van der Waals surface area contributed by atoms with Crippen LogP contribution < -0.4 is 10.1 Å². The van der Waals surface area contributed by atoms with Gasteiger partial charge in [0.25, 0.3) is 5.91 Å². The van der Waals surface area contributed by atoms with Gasteiger partial charge in [-0.25, -0.2) is 4.98 Å². The average molecular weight is 501 g/mol. The molecule has 14 heteroatoms. The van der Waals surface area contributed by atoms with Gasteiger partial charge in [0.1, 0.15) is 28.4 Å². The van der Waals surface area contributed by atoms with Crippen LogP contribution in [-0.4, -0.2) is 32.8 Å². The molecule has 1 aromatic carbocycles. The van der Waals surface area contributed by atoms with Crippen LogP contribution in [0.15, 0.2) is 36.0 Å². The fourth-order valence-corrected chi connectivity index (χ4v) is 4.21. The Morgan fingerprint density at radius 1 is 1.09 bits per heavy atom. The van der Waals surface area contributed by atoms with Gasteiger partial charge in [-0.3, -0.25) is 14.5 Å². The number of fused-ring (bicyclic) bond motifs is 1. The molecule has 1 N–H and O–H groups in total. The van der Waals surface area contributed by atoms with E-state index in [1.807, 2.05) is 0 Å². The molecular weight excluding hydrogens is 488 g/mol. The van der Waals surface area contributed by atoms with Gasteiger partial charge in [0.05, 0.1) is 28.4 Å². The van der Waals surface area contributed by atoms with Crippen LogP contribution in [-0.2, 0) is 19.4 Å². The number of alkyl halides is 6.